The van der Waals surface area contributed by atoms with Crippen LogP contribution in [0.5, 0.6) is 0 Å². The summed E-state index contributed by atoms with van der Waals surface area (Å²) >= 11 is 1.25. The molecule has 0 amide bonds. The summed E-state index contributed by atoms with van der Waals surface area (Å²) in [5.74, 6) is -0.560. The van der Waals surface area contributed by atoms with Crippen molar-refractivity contribution in [1.82, 2.24) is 9.97 Å². The van der Waals surface area contributed by atoms with Gasteiger partial charge in [0.15, 0.2) is 5.13 Å². The molecule has 0 saturated heterocycles. The molecule has 0 aliphatic carbocycles. The highest BCUT2D eigenvalue weighted by Gasteiger charge is 2.05. The average Bonchev–Trinajstić information content (AvgIpc) is 2.31. The van der Waals surface area contributed by atoms with Gasteiger partial charge in [-0.2, -0.15) is 4.39 Å². The molecule has 0 spiro atoms. The Morgan fingerprint density at radius 2 is 2.36 bits per heavy atom. The first kappa shape index (κ1) is 6.48. The summed E-state index contributed by atoms with van der Waals surface area (Å²) < 4.78 is 13.5. The van der Waals surface area contributed by atoms with Crippen LogP contribution in [0.1, 0.15) is 0 Å². The topological polar surface area (TPSA) is 51.8 Å². The highest BCUT2D eigenvalue weighted by molar-refractivity contribution is 7.22. The Labute approximate surface area is 65.7 Å². The van der Waals surface area contributed by atoms with Crippen LogP contribution < -0.4 is 5.73 Å². The van der Waals surface area contributed by atoms with E-state index >= 15 is 0 Å². The number of rotatable bonds is 0. The number of anilines is 1. The molecule has 5 heteroatoms. The number of hydrogen-bond acceptors (Lipinski definition) is 4. The van der Waals surface area contributed by atoms with E-state index in [1.54, 1.807) is 6.07 Å². The molecule has 0 bridgehead atoms. The summed E-state index contributed by atoms with van der Waals surface area (Å²) in [7, 11) is 0. The van der Waals surface area contributed by atoms with E-state index in [0.29, 0.717) is 5.13 Å². The van der Waals surface area contributed by atoms with Crippen molar-refractivity contribution in [2.45, 2.75) is 0 Å². The Balaban J connectivity index is 2.90. The molecule has 0 saturated carbocycles. The maximum Gasteiger partial charge on any atom is 0.240 e. The van der Waals surface area contributed by atoms with Gasteiger partial charge in [0.05, 0.1) is 4.70 Å². The van der Waals surface area contributed by atoms with Crippen molar-refractivity contribution >= 4 is 26.7 Å². The molecular formula is C6H4FN3S. The number of thiazole rings is 1. The van der Waals surface area contributed by atoms with E-state index in [1.807, 2.05) is 0 Å². The predicted octanol–water partition coefficient (Wildman–Crippen LogP) is 1.41. The van der Waals surface area contributed by atoms with Crippen molar-refractivity contribution in [3.63, 3.8) is 0 Å². The van der Waals surface area contributed by atoms with E-state index in [1.165, 1.54) is 17.5 Å². The van der Waals surface area contributed by atoms with Crippen LogP contribution in [0.15, 0.2) is 12.3 Å². The van der Waals surface area contributed by atoms with E-state index in [9.17, 15) is 4.39 Å². The smallest absolute Gasteiger partial charge is 0.240 e. The van der Waals surface area contributed by atoms with Crippen LogP contribution in [0.4, 0.5) is 9.52 Å². The molecule has 0 unspecified atom stereocenters. The third-order valence-corrected chi connectivity index (χ3v) is 2.13. The Morgan fingerprint density at radius 3 is 3.09 bits per heavy atom. The van der Waals surface area contributed by atoms with Gasteiger partial charge in [-0.25, -0.2) is 9.97 Å². The van der Waals surface area contributed by atoms with Crippen LogP contribution in [-0.2, 0) is 0 Å². The Morgan fingerprint density at radius 1 is 1.55 bits per heavy atom. The van der Waals surface area contributed by atoms with Gasteiger partial charge < -0.3 is 5.73 Å². The average molecular weight is 169 g/mol. The third-order valence-electron chi connectivity index (χ3n) is 1.28. The van der Waals surface area contributed by atoms with Gasteiger partial charge in [-0.3, -0.25) is 0 Å². The minimum atomic E-state index is -0.560. The SMILES string of the molecule is Nc1nc2c(F)nccc2s1. The van der Waals surface area contributed by atoms with E-state index in [-0.39, 0.29) is 5.52 Å². The molecule has 0 aliphatic rings. The molecule has 2 rings (SSSR count). The lowest BCUT2D eigenvalue weighted by Gasteiger charge is -1.85. The van der Waals surface area contributed by atoms with E-state index < -0.39 is 5.95 Å². The number of nitrogen functional groups attached to an aromatic ring is 1. The fourth-order valence-electron chi connectivity index (χ4n) is 0.841. The van der Waals surface area contributed by atoms with Gasteiger partial charge >= 0.3 is 0 Å². The summed E-state index contributed by atoms with van der Waals surface area (Å²) in [6, 6.07) is 1.69. The van der Waals surface area contributed by atoms with Crippen molar-refractivity contribution in [2.24, 2.45) is 0 Å². The van der Waals surface area contributed by atoms with Gasteiger partial charge in [0, 0.05) is 6.20 Å². The van der Waals surface area contributed by atoms with Crippen LogP contribution >= 0.6 is 11.3 Å². The lowest BCUT2D eigenvalue weighted by Crippen LogP contribution is -1.84. The summed E-state index contributed by atoms with van der Waals surface area (Å²) in [4.78, 5) is 7.21. The first-order chi connectivity index (χ1) is 5.27. The summed E-state index contributed by atoms with van der Waals surface area (Å²) in [6.07, 6.45) is 1.40. The Bertz CT molecular complexity index is 398. The normalized spacial score (nSPS) is 10.6. The molecule has 2 aromatic heterocycles. The summed E-state index contributed by atoms with van der Waals surface area (Å²) in [5.41, 5.74) is 5.63. The molecule has 0 aliphatic heterocycles. The second kappa shape index (κ2) is 2.13. The number of fused-ring (bicyclic) bond motifs is 1. The van der Waals surface area contributed by atoms with Crippen molar-refractivity contribution in [1.29, 1.82) is 0 Å². The highest BCUT2D eigenvalue weighted by Crippen LogP contribution is 2.23. The molecule has 2 heterocycles. The highest BCUT2D eigenvalue weighted by atomic mass is 32.1. The fraction of sp³-hybridized carbons (Fsp3) is 0. The van der Waals surface area contributed by atoms with Crippen LogP contribution in [-0.4, -0.2) is 9.97 Å². The van der Waals surface area contributed by atoms with Gasteiger partial charge in [-0.05, 0) is 6.07 Å². The van der Waals surface area contributed by atoms with Crippen LogP contribution in [0.3, 0.4) is 0 Å². The monoisotopic (exact) mass is 169 g/mol. The van der Waals surface area contributed by atoms with E-state index in [2.05, 4.69) is 9.97 Å². The molecular weight excluding hydrogens is 165 g/mol. The predicted molar refractivity (Wildman–Crippen MR) is 41.8 cm³/mol. The quantitative estimate of drug-likeness (QED) is 0.606. The maximum atomic E-state index is 12.8. The van der Waals surface area contributed by atoms with Crippen molar-refractivity contribution in [3.8, 4) is 0 Å². The Kier molecular flexibility index (Phi) is 1.25. The zero-order valence-electron chi connectivity index (χ0n) is 5.41. The largest absolute Gasteiger partial charge is 0.375 e. The first-order valence-corrected chi connectivity index (χ1v) is 3.75. The van der Waals surface area contributed by atoms with Crippen molar-refractivity contribution < 1.29 is 4.39 Å². The molecule has 0 radical (unpaired) electrons. The summed E-state index contributed by atoms with van der Waals surface area (Å²) in [5, 5.41) is 0.368. The minimum Gasteiger partial charge on any atom is -0.375 e. The van der Waals surface area contributed by atoms with Gasteiger partial charge in [0.2, 0.25) is 5.95 Å². The molecule has 0 aromatic carbocycles. The number of nitrogens with zero attached hydrogens (tertiary/aromatic N) is 2. The minimum absolute atomic E-state index is 0.259. The van der Waals surface area contributed by atoms with Crippen molar-refractivity contribution in [3.05, 3.63) is 18.2 Å². The zero-order valence-corrected chi connectivity index (χ0v) is 6.23. The van der Waals surface area contributed by atoms with Crippen molar-refractivity contribution in [2.75, 3.05) is 5.73 Å². The molecule has 2 aromatic rings. The zero-order chi connectivity index (χ0) is 7.84. The lowest BCUT2D eigenvalue weighted by molar-refractivity contribution is 0.594. The standard InChI is InChI=1S/C6H4FN3S/c7-5-4-3(1-2-9-5)11-6(8)10-4/h1-2H,(H2,8,10). The second-order valence-electron chi connectivity index (χ2n) is 2.00. The Hall–Kier alpha value is -1.23. The molecule has 0 fully saturated rings. The van der Waals surface area contributed by atoms with Gasteiger partial charge in [-0.15, -0.1) is 0 Å². The molecule has 11 heavy (non-hydrogen) atoms. The number of hydrogen-bond donors (Lipinski definition) is 1. The van der Waals surface area contributed by atoms with Crippen LogP contribution in [0.25, 0.3) is 10.2 Å². The van der Waals surface area contributed by atoms with Crippen LogP contribution in [0, 0.1) is 5.95 Å². The molecule has 56 valence electrons. The third kappa shape index (κ3) is 0.932. The van der Waals surface area contributed by atoms with Gasteiger partial charge in [0.25, 0.3) is 0 Å². The fourth-order valence-corrected chi connectivity index (χ4v) is 1.56. The lowest BCUT2D eigenvalue weighted by atomic mass is 10.4. The molecule has 2 N–H and O–H groups in total. The number of aromatic nitrogens is 2. The van der Waals surface area contributed by atoms with Gasteiger partial charge in [-0.1, -0.05) is 11.3 Å². The number of nitrogens with two attached hydrogens (primary N) is 1. The molecule has 3 nitrogen and oxygen atoms in total. The first-order valence-electron chi connectivity index (χ1n) is 2.94. The van der Waals surface area contributed by atoms with E-state index in [4.69, 9.17) is 5.73 Å². The molecule has 0 atom stereocenters. The number of halogens is 1. The van der Waals surface area contributed by atoms with E-state index in [0.717, 1.165) is 4.70 Å². The maximum absolute atomic E-state index is 12.8. The summed E-state index contributed by atoms with van der Waals surface area (Å²) in [6.45, 7) is 0. The second-order valence-corrected chi connectivity index (χ2v) is 3.06. The van der Waals surface area contributed by atoms with Gasteiger partial charge in [0.1, 0.15) is 5.52 Å². The number of pyridine rings is 1. The van der Waals surface area contributed by atoms with Crippen LogP contribution in [0.2, 0.25) is 0 Å².